The van der Waals surface area contributed by atoms with Crippen molar-refractivity contribution in [1.29, 1.82) is 5.26 Å². The lowest BCUT2D eigenvalue weighted by molar-refractivity contribution is 0.0974. The molecule has 146 valence electrons. The largest absolute Gasteiger partial charge is 0.378 e. The molecule has 0 spiro atoms. The predicted molar refractivity (Wildman–Crippen MR) is 111 cm³/mol. The number of benzene rings is 2. The van der Waals surface area contributed by atoms with E-state index in [0.717, 1.165) is 5.69 Å². The number of carbonyl (C=O) groups is 1. The molecule has 3 aromatic rings. The summed E-state index contributed by atoms with van der Waals surface area (Å²) in [7, 11) is 0. The standard InChI is InChI=1S/C21H18BrN5O2/c22-18-9-5-4-8-16(18)19(28)17(14-23)20-24-25-21(26-10-12-29-13-11-26)27(20)15-6-2-1-3-7-15/h1-9,17H,10-13H2. The summed E-state index contributed by atoms with van der Waals surface area (Å²) in [6, 6.07) is 18.7. The van der Waals surface area contributed by atoms with E-state index in [1.807, 2.05) is 36.4 Å². The molecule has 1 aromatic heterocycles. The minimum atomic E-state index is -1.09. The third-order valence-electron chi connectivity index (χ3n) is 4.77. The van der Waals surface area contributed by atoms with Crippen LogP contribution in [-0.2, 0) is 4.74 Å². The Morgan fingerprint density at radius 3 is 2.45 bits per heavy atom. The Labute approximate surface area is 176 Å². The van der Waals surface area contributed by atoms with Crippen molar-refractivity contribution in [2.45, 2.75) is 5.92 Å². The molecule has 0 radical (unpaired) electrons. The number of para-hydroxylation sites is 1. The van der Waals surface area contributed by atoms with Gasteiger partial charge >= 0.3 is 0 Å². The van der Waals surface area contributed by atoms with Gasteiger partial charge in [0.05, 0.1) is 25.0 Å². The van der Waals surface area contributed by atoms with E-state index in [0.29, 0.717) is 48.1 Å². The molecule has 7 nitrogen and oxygen atoms in total. The number of ketones is 1. The van der Waals surface area contributed by atoms with E-state index in [-0.39, 0.29) is 5.78 Å². The lowest BCUT2D eigenvalue weighted by atomic mass is 9.98. The maximum absolute atomic E-state index is 13.2. The van der Waals surface area contributed by atoms with Crippen molar-refractivity contribution in [2.75, 3.05) is 31.2 Å². The van der Waals surface area contributed by atoms with Crippen molar-refractivity contribution in [3.63, 3.8) is 0 Å². The van der Waals surface area contributed by atoms with E-state index in [1.165, 1.54) is 0 Å². The highest BCUT2D eigenvalue weighted by Gasteiger charge is 2.31. The number of Topliss-reactive ketones (excluding diaryl/α,β-unsaturated/α-hetero) is 1. The molecule has 1 aliphatic rings. The fourth-order valence-corrected chi connectivity index (χ4v) is 3.80. The maximum Gasteiger partial charge on any atom is 0.232 e. The Bertz CT molecular complexity index is 1050. The van der Waals surface area contributed by atoms with Gasteiger partial charge in [-0.05, 0) is 18.2 Å². The molecule has 0 N–H and O–H groups in total. The highest BCUT2D eigenvalue weighted by atomic mass is 79.9. The van der Waals surface area contributed by atoms with E-state index in [4.69, 9.17) is 4.74 Å². The zero-order valence-electron chi connectivity index (χ0n) is 15.5. The smallest absolute Gasteiger partial charge is 0.232 e. The molecular formula is C21H18BrN5O2. The molecule has 1 fully saturated rings. The summed E-state index contributed by atoms with van der Waals surface area (Å²) in [5.74, 6) is -0.495. The van der Waals surface area contributed by atoms with Crippen LogP contribution in [0, 0.1) is 11.3 Å². The number of hydrogen-bond acceptors (Lipinski definition) is 6. The molecule has 29 heavy (non-hydrogen) atoms. The van der Waals surface area contributed by atoms with Crippen LogP contribution in [0.25, 0.3) is 5.69 Å². The van der Waals surface area contributed by atoms with Crippen molar-refractivity contribution in [3.8, 4) is 11.8 Å². The van der Waals surface area contributed by atoms with Crippen molar-refractivity contribution in [2.24, 2.45) is 0 Å². The Balaban J connectivity index is 1.82. The molecule has 1 atom stereocenters. The zero-order valence-corrected chi connectivity index (χ0v) is 17.1. The van der Waals surface area contributed by atoms with E-state index < -0.39 is 5.92 Å². The van der Waals surface area contributed by atoms with E-state index >= 15 is 0 Å². The molecule has 0 amide bonds. The normalized spacial score (nSPS) is 15.0. The number of nitrogens with zero attached hydrogens (tertiary/aromatic N) is 5. The molecule has 4 rings (SSSR count). The fraction of sp³-hybridized carbons (Fsp3) is 0.238. The van der Waals surface area contributed by atoms with Crippen LogP contribution in [0.4, 0.5) is 5.95 Å². The van der Waals surface area contributed by atoms with Crippen LogP contribution in [0.3, 0.4) is 0 Å². The molecule has 0 saturated carbocycles. The molecule has 1 saturated heterocycles. The van der Waals surface area contributed by atoms with Crippen LogP contribution >= 0.6 is 15.9 Å². The number of halogens is 1. The number of carbonyl (C=O) groups excluding carboxylic acids is 1. The topological polar surface area (TPSA) is 84.0 Å². The number of aromatic nitrogens is 3. The van der Waals surface area contributed by atoms with Gasteiger partial charge in [-0.3, -0.25) is 9.36 Å². The quantitative estimate of drug-likeness (QED) is 0.552. The van der Waals surface area contributed by atoms with Crippen molar-refractivity contribution in [1.82, 2.24) is 14.8 Å². The van der Waals surface area contributed by atoms with Gasteiger partial charge in [-0.25, -0.2) is 0 Å². The number of rotatable bonds is 5. The van der Waals surface area contributed by atoms with Gasteiger partial charge in [0.2, 0.25) is 5.95 Å². The summed E-state index contributed by atoms with van der Waals surface area (Å²) in [6.45, 7) is 2.52. The average Bonchev–Trinajstić information content (AvgIpc) is 3.20. The molecule has 0 aliphatic carbocycles. The molecule has 2 aromatic carbocycles. The number of ether oxygens (including phenoxy) is 1. The predicted octanol–water partition coefficient (Wildman–Crippen LogP) is 3.36. The van der Waals surface area contributed by atoms with Gasteiger partial charge < -0.3 is 9.64 Å². The maximum atomic E-state index is 13.2. The van der Waals surface area contributed by atoms with Crippen LogP contribution in [-0.4, -0.2) is 46.9 Å². The van der Waals surface area contributed by atoms with Crippen molar-refractivity contribution >= 4 is 27.7 Å². The second-order valence-electron chi connectivity index (χ2n) is 6.53. The van der Waals surface area contributed by atoms with Crippen LogP contribution in [0.5, 0.6) is 0 Å². The second kappa shape index (κ2) is 8.55. The van der Waals surface area contributed by atoms with Crippen molar-refractivity contribution < 1.29 is 9.53 Å². The lowest BCUT2D eigenvalue weighted by Crippen LogP contribution is -2.38. The highest BCUT2D eigenvalue weighted by Crippen LogP contribution is 2.29. The van der Waals surface area contributed by atoms with Gasteiger partial charge in [-0.2, -0.15) is 5.26 Å². The first-order valence-corrected chi connectivity index (χ1v) is 10.0. The van der Waals surface area contributed by atoms with E-state index in [1.54, 1.807) is 22.8 Å². The molecule has 8 heteroatoms. The van der Waals surface area contributed by atoms with Crippen LogP contribution in [0.2, 0.25) is 0 Å². The Morgan fingerprint density at radius 1 is 1.07 bits per heavy atom. The van der Waals surface area contributed by atoms with Gasteiger partial charge in [0.1, 0.15) is 0 Å². The number of morpholine rings is 1. The summed E-state index contributed by atoms with van der Waals surface area (Å²) >= 11 is 3.40. The monoisotopic (exact) mass is 451 g/mol. The van der Waals surface area contributed by atoms with Crippen LogP contribution in [0.1, 0.15) is 22.1 Å². The summed E-state index contributed by atoms with van der Waals surface area (Å²) in [5.41, 5.74) is 1.24. The second-order valence-corrected chi connectivity index (χ2v) is 7.39. The van der Waals surface area contributed by atoms with E-state index in [9.17, 15) is 10.1 Å². The van der Waals surface area contributed by atoms with Crippen LogP contribution < -0.4 is 4.90 Å². The molecule has 1 unspecified atom stereocenters. The van der Waals surface area contributed by atoms with Gasteiger partial charge in [0.15, 0.2) is 17.5 Å². The summed E-state index contributed by atoms with van der Waals surface area (Å²) in [6.07, 6.45) is 0. The number of hydrogen-bond donors (Lipinski definition) is 0. The minimum absolute atomic E-state index is 0.306. The summed E-state index contributed by atoms with van der Waals surface area (Å²) in [4.78, 5) is 15.3. The zero-order chi connectivity index (χ0) is 20.2. The van der Waals surface area contributed by atoms with Gasteiger partial charge in [0.25, 0.3) is 0 Å². The SMILES string of the molecule is N#CC(C(=O)c1ccccc1Br)c1nnc(N2CCOCC2)n1-c1ccccc1. The number of anilines is 1. The highest BCUT2D eigenvalue weighted by molar-refractivity contribution is 9.10. The minimum Gasteiger partial charge on any atom is -0.378 e. The molecule has 2 heterocycles. The third kappa shape index (κ3) is 3.79. The lowest BCUT2D eigenvalue weighted by Gasteiger charge is -2.28. The van der Waals surface area contributed by atoms with Crippen molar-refractivity contribution in [3.05, 3.63) is 70.5 Å². The first kappa shape index (κ1) is 19.3. The molecule has 1 aliphatic heterocycles. The number of nitriles is 1. The Morgan fingerprint density at radius 2 is 1.76 bits per heavy atom. The third-order valence-corrected chi connectivity index (χ3v) is 5.46. The van der Waals surface area contributed by atoms with Crippen LogP contribution in [0.15, 0.2) is 59.1 Å². The van der Waals surface area contributed by atoms with Gasteiger partial charge in [0, 0.05) is 23.1 Å². The van der Waals surface area contributed by atoms with E-state index in [2.05, 4.69) is 37.1 Å². The Kier molecular flexibility index (Phi) is 5.69. The first-order valence-electron chi connectivity index (χ1n) is 9.22. The average molecular weight is 452 g/mol. The Hall–Kier alpha value is -3.02. The van der Waals surface area contributed by atoms with Gasteiger partial charge in [-0.1, -0.05) is 52.3 Å². The summed E-state index contributed by atoms with van der Waals surface area (Å²) in [5, 5.41) is 18.5. The molecule has 0 bridgehead atoms. The van der Waals surface area contributed by atoms with Gasteiger partial charge in [-0.15, -0.1) is 10.2 Å². The fourth-order valence-electron chi connectivity index (χ4n) is 3.32. The summed E-state index contributed by atoms with van der Waals surface area (Å²) < 4.78 is 7.88. The molecular weight excluding hydrogens is 434 g/mol. The first-order chi connectivity index (χ1) is 14.2.